The second kappa shape index (κ2) is 9.07. The van der Waals surface area contributed by atoms with Gasteiger partial charge in [-0.1, -0.05) is 12.1 Å². The van der Waals surface area contributed by atoms with Crippen LogP contribution in [-0.4, -0.2) is 61.7 Å². The molecule has 8 heteroatoms. The average molecular weight is 448 g/mol. The maximum Gasteiger partial charge on any atom is 0.269 e. The van der Waals surface area contributed by atoms with E-state index in [-0.39, 0.29) is 6.61 Å². The molecule has 7 nitrogen and oxygen atoms in total. The first kappa shape index (κ1) is 21.2. The summed E-state index contributed by atoms with van der Waals surface area (Å²) in [6.45, 7) is 3.80. The Balaban J connectivity index is 1.28. The fourth-order valence-corrected chi connectivity index (χ4v) is 3.99. The molecule has 0 bridgehead atoms. The number of carbonyl (C=O) groups excluding carboxylic acids is 1. The summed E-state index contributed by atoms with van der Waals surface area (Å²) in [5, 5.41) is 2.72. The minimum atomic E-state index is -0.811. The number of benzene rings is 2. The molecule has 0 saturated carbocycles. The molecule has 33 heavy (non-hydrogen) atoms. The highest BCUT2D eigenvalue weighted by Crippen LogP contribution is 2.32. The Morgan fingerprint density at radius 1 is 1.06 bits per heavy atom. The van der Waals surface area contributed by atoms with Crippen molar-refractivity contribution < 1.29 is 18.7 Å². The van der Waals surface area contributed by atoms with Crippen molar-refractivity contribution in [2.75, 3.05) is 50.1 Å². The predicted octanol–water partition coefficient (Wildman–Crippen LogP) is 3.42. The number of likely N-dealkylation sites (N-methyl/N-ethyl adjacent to an activating group) is 1. The van der Waals surface area contributed by atoms with Gasteiger partial charge in [-0.3, -0.25) is 4.79 Å². The average Bonchev–Trinajstić information content (AvgIpc) is 2.84. The molecule has 0 aliphatic carbocycles. The Labute approximate surface area is 191 Å². The number of rotatable bonds is 4. The highest BCUT2D eigenvalue weighted by atomic mass is 19.1. The van der Waals surface area contributed by atoms with E-state index in [2.05, 4.69) is 27.1 Å². The van der Waals surface area contributed by atoms with Crippen LogP contribution in [0.3, 0.4) is 0 Å². The Morgan fingerprint density at radius 2 is 1.85 bits per heavy atom. The Kier molecular flexibility index (Phi) is 5.83. The smallest absolute Gasteiger partial charge is 0.269 e. The summed E-state index contributed by atoms with van der Waals surface area (Å²) in [7, 11) is 2.10. The first-order valence-corrected chi connectivity index (χ1v) is 11.0. The molecule has 3 aromatic rings. The number of anilines is 2. The van der Waals surface area contributed by atoms with Crippen molar-refractivity contribution in [3.63, 3.8) is 0 Å². The SMILES string of the molecule is CN1CCN(c2cc(-c3ccc(NC(=O)[C@@H]4COc5ccccc5O4)cc3F)ccn2)CC1. The molecule has 5 rings (SSSR count). The lowest BCUT2D eigenvalue weighted by molar-refractivity contribution is -0.125. The van der Waals surface area contributed by atoms with Crippen molar-refractivity contribution in [2.45, 2.75) is 6.10 Å². The molecule has 1 atom stereocenters. The van der Waals surface area contributed by atoms with Crippen LogP contribution in [0, 0.1) is 5.82 Å². The van der Waals surface area contributed by atoms with Crippen LogP contribution in [0.1, 0.15) is 0 Å². The van der Waals surface area contributed by atoms with Gasteiger partial charge in [0.15, 0.2) is 11.5 Å². The zero-order chi connectivity index (χ0) is 22.8. The van der Waals surface area contributed by atoms with Gasteiger partial charge in [0, 0.05) is 43.6 Å². The molecular formula is C25H25FN4O3. The normalized spacial score (nSPS) is 18.1. The molecular weight excluding hydrogens is 423 g/mol. The number of fused-ring (bicyclic) bond motifs is 1. The summed E-state index contributed by atoms with van der Waals surface area (Å²) < 4.78 is 26.3. The summed E-state index contributed by atoms with van der Waals surface area (Å²) in [5.74, 6) is 1.14. The minimum absolute atomic E-state index is 0.0928. The van der Waals surface area contributed by atoms with E-state index < -0.39 is 17.8 Å². The second-order valence-corrected chi connectivity index (χ2v) is 8.24. The third kappa shape index (κ3) is 4.61. The van der Waals surface area contributed by atoms with Gasteiger partial charge in [-0.05, 0) is 55.1 Å². The molecule has 2 aromatic carbocycles. The van der Waals surface area contributed by atoms with Crippen LogP contribution < -0.4 is 19.7 Å². The summed E-state index contributed by atoms with van der Waals surface area (Å²) in [4.78, 5) is 21.6. The van der Waals surface area contributed by atoms with Gasteiger partial charge in [0.1, 0.15) is 18.2 Å². The van der Waals surface area contributed by atoms with E-state index in [4.69, 9.17) is 9.47 Å². The third-order valence-electron chi connectivity index (χ3n) is 5.92. The number of carbonyl (C=O) groups is 1. The van der Waals surface area contributed by atoms with Gasteiger partial charge in [0.2, 0.25) is 6.10 Å². The number of pyridine rings is 1. The zero-order valence-electron chi connectivity index (χ0n) is 18.3. The van der Waals surface area contributed by atoms with Crippen LogP contribution in [0.15, 0.2) is 60.8 Å². The number of hydrogen-bond donors (Lipinski definition) is 1. The van der Waals surface area contributed by atoms with Gasteiger partial charge in [-0.15, -0.1) is 0 Å². The van der Waals surface area contributed by atoms with Crippen molar-refractivity contribution >= 4 is 17.4 Å². The first-order valence-electron chi connectivity index (χ1n) is 11.0. The lowest BCUT2D eigenvalue weighted by Gasteiger charge is -2.33. The van der Waals surface area contributed by atoms with E-state index in [9.17, 15) is 4.79 Å². The maximum absolute atomic E-state index is 15.0. The monoisotopic (exact) mass is 448 g/mol. The summed E-state index contributed by atoms with van der Waals surface area (Å²) in [6, 6.07) is 15.6. The summed E-state index contributed by atoms with van der Waals surface area (Å²) >= 11 is 0. The molecule has 170 valence electrons. The minimum Gasteiger partial charge on any atom is -0.485 e. The molecule has 1 saturated heterocycles. The first-order chi connectivity index (χ1) is 16.1. The van der Waals surface area contributed by atoms with E-state index in [0.717, 1.165) is 37.6 Å². The largest absolute Gasteiger partial charge is 0.485 e. The van der Waals surface area contributed by atoms with Gasteiger partial charge < -0.3 is 24.6 Å². The van der Waals surface area contributed by atoms with E-state index in [0.29, 0.717) is 22.7 Å². The lowest BCUT2D eigenvalue weighted by Crippen LogP contribution is -2.44. The van der Waals surface area contributed by atoms with Crippen LogP contribution in [0.5, 0.6) is 11.5 Å². The molecule has 2 aliphatic heterocycles. The molecule has 3 heterocycles. The molecule has 1 N–H and O–H groups in total. The number of hydrogen-bond acceptors (Lipinski definition) is 6. The predicted molar refractivity (Wildman–Crippen MR) is 124 cm³/mol. The molecule has 1 amide bonds. The number of amides is 1. The van der Waals surface area contributed by atoms with Crippen LogP contribution in [0.4, 0.5) is 15.9 Å². The van der Waals surface area contributed by atoms with Crippen molar-refractivity contribution in [1.82, 2.24) is 9.88 Å². The number of halogens is 1. The van der Waals surface area contributed by atoms with E-state index in [1.54, 1.807) is 36.5 Å². The van der Waals surface area contributed by atoms with Crippen LogP contribution in [0.25, 0.3) is 11.1 Å². The van der Waals surface area contributed by atoms with Crippen molar-refractivity contribution in [3.05, 3.63) is 66.6 Å². The van der Waals surface area contributed by atoms with Gasteiger partial charge in [0.05, 0.1) is 0 Å². The Hall–Kier alpha value is -3.65. The van der Waals surface area contributed by atoms with E-state index in [1.807, 2.05) is 18.2 Å². The van der Waals surface area contributed by atoms with Crippen LogP contribution >= 0.6 is 0 Å². The van der Waals surface area contributed by atoms with Crippen LogP contribution in [0.2, 0.25) is 0 Å². The third-order valence-corrected chi connectivity index (χ3v) is 5.92. The fraction of sp³-hybridized carbons (Fsp3) is 0.280. The van der Waals surface area contributed by atoms with Crippen molar-refractivity contribution in [2.24, 2.45) is 0 Å². The summed E-state index contributed by atoms with van der Waals surface area (Å²) in [6.07, 6.45) is 0.894. The number of aromatic nitrogens is 1. The Morgan fingerprint density at radius 3 is 2.64 bits per heavy atom. The maximum atomic E-state index is 15.0. The number of para-hydroxylation sites is 2. The fourth-order valence-electron chi connectivity index (χ4n) is 3.99. The lowest BCUT2D eigenvalue weighted by atomic mass is 10.1. The van der Waals surface area contributed by atoms with Gasteiger partial charge in [0.25, 0.3) is 5.91 Å². The van der Waals surface area contributed by atoms with Crippen molar-refractivity contribution in [3.8, 4) is 22.6 Å². The molecule has 1 fully saturated rings. The molecule has 0 unspecified atom stereocenters. The van der Waals surface area contributed by atoms with Crippen LogP contribution in [-0.2, 0) is 4.79 Å². The molecule has 2 aliphatic rings. The second-order valence-electron chi connectivity index (χ2n) is 8.24. The zero-order valence-corrected chi connectivity index (χ0v) is 18.3. The van der Waals surface area contributed by atoms with Gasteiger partial charge in [-0.2, -0.15) is 0 Å². The van der Waals surface area contributed by atoms with Crippen molar-refractivity contribution in [1.29, 1.82) is 0 Å². The standard InChI is InChI=1S/C25H25FN4O3/c1-29-10-12-30(13-11-29)24-14-17(8-9-27-24)19-7-6-18(15-20(19)26)28-25(31)23-16-32-21-4-2-3-5-22(21)33-23/h2-9,14-15,23H,10-13,16H2,1H3,(H,28,31)/t23-/m0/s1. The van der Waals surface area contributed by atoms with E-state index >= 15 is 4.39 Å². The topological polar surface area (TPSA) is 66.9 Å². The molecule has 1 aromatic heterocycles. The number of piperazine rings is 1. The highest BCUT2D eigenvalue weighted by molar-refractivity contribution is 5.95. The van der Waals surface area contributed by atoms with Gasteiger partial charge in [-0.25, -0.2) is 9.37 Å². The number of ether oxygens (including phenoxy) is 2. The molecule has 0 spiro atoms. The quantitative estimate of drug-likeness (QED) is 0.660. The van der Waals surface area contributed by atoms with Gasteiger partial charge >= 0.3 is 0 Å². The number of nitrogens with zero attached hydrogens (tertiary/aromatic N) is 3. The molecule has 0 radical (unpaired) electrons. The number of nitrogens with one attached hydrogen (secondary N) is 1. The van der Waals surface area contributed by atoms with E-state index in [1.165, 1.54) is 6.07 Å². The highest BCUT2D eigenvalue weighted by Gasteiger charge is 2.27. The Bertz CT molecular complexity index is 1160. The summed E-state index contributed by atoms with van der Waals surface area (Å²) in [5.41, 5.74) is 1.56.